The van der Waals surface area contributed by atoms with Crippen molar-refractivity contribution in [2.75, 3.05) is 47.9 Å². The van der Waals surface area contributed by atoms with E-state index in [-0.39, 0.29) is 0 Å². The molecular formula is C14H25N3S. The van der Waals surface area contributed by atoms with Crippen LogP contribution in [0.2, 0.25) is 0 Å². The molecule has 1 aliphatic heterocycles. The van der Waals surface area contributed by atoms with Crippen LogP contribution >= 0.6 is 11.8 Å². The molecule has 0 atom stereocenters. The number of nitrogens with one attached hydrogen (secondary N) is 1. The minimum atomic E-state index is 0.672. The molecule has 0 amide bonds. The van der Waals surface area contributed by atoms with Crippen molar-refractivity contribution in [3.8, 4) is 0 Å². The van der Waals surface area contributed by atoms with Gasteiger partial charge in [0, 0.05) is 49.1 Å². The fraction of sp³-hybridized carbons (Fsp3) is 0.571. The SMILES string of the molecule is CC.NCCNc1ccc(N2CCSCC2)cc1. The van der Waals surface area contributed by atoms with E-state index in [1.54, 1.807) is 0 Å². The summed E-state index contributed by atoms with van der Waals surface area (Å²) in [6.45, 7) is 7.84. The van der Waals surface area contributed by atoms with Gasteiger partial charge in [0.2, 0.25) is 0 Å². The van der Waals surface area contributed by atoms with Gasteiger partial charge in [-0.3, -0.25) is 0 Å². The largest absolute Gasteiger partial charge is 0.384 e. The molecule has 0 aliphatic carbocycles. The molecule has 0 unspecified atom stereocenters. The van der Waals surface area contributed by atoms with E-state index in [1.807, 2.05) is 25.6 Å². The summed E-state index contributed by atoms with van der Waals surface area (Å²) in [5, 5.41) is 3.28. The molecule has 1 saturated heterocycles. The van der Waals surface area contributed by atoms with Crippen LogP contribution in [0.3, 0.4) is 0 Å². The Kier molecular flexibility index (Phi) is 7.69. The molecule has 1 aliphatic rings. The zero-order chi connectivity index (χ0) is 13.2. The van der Waals surface area contributed by atoms with Crippen molar-refractivity contribution in [3.05, 3.63) is 24.3 Å². The van der Waals surface area contributed by atoms with Crippen LogP contribution in [-0.2, 0) is 0 Å². The van der Waals surface area contributed by atoms with Crippen LogP contribution in [0.5, 0.6) is 0 Å². The van der Waals surface area contributed by atoms with Crippen LogP contribution in [0.1, 0.15) is 13.8 Å². The van der Waals surface area contributed by atoms with Crippen molar-refractivity contribution in [2.24, 2.45) is 5.73 Å². The summed E-state index contributed by atoms with van der Waals surface area (Å²) in [6.07, 6.45) is 0. The highest BCUT2D eigenvalue weighted by Crippen LogP contribution is 2.21. The van der Waals surface area contributed by atoms with Crippen LogP contribution < -0.4 is 16.0 Å². The summed E-state index contributed by atoms with van der Waals surface area (Å²) in [6, 6.07) is 8.64. The van der Waals surface area contributed by atoms with E-state index in [0.717, 1.165) is 12.2 Å². The van der Waals surface area contributed by atoms with Crippen LogP contribution in [0, 0.1) is 0 Å². The van der Waals surface area contributed by atoms with Crippen LogP contribution in [0.25, 0.3) is 0 Å². The molecule has 1 heterocycles. The average molecular weight is 267 g/mol. The molecule has 0 saturated carbocycles. The van der Waals surface area contributed by atoms with Crippen LogP contribution in [0.15, 0.2) is 24.3 Å². The monoisotopic (exact) mass is 267 g/mol. The maximum atomic E-state index is 5.45. The van der Waals surface area contributed by atoms with Crippen molar-refractivity contribution >= 4 is 23.1 Å². The summed E-state index contributed by atoms with van der Waals surface area (Å²) in [5.41, 5.74) is 7.94. The van der Waals surface area contributed by atoms with E-state index in [9.17, 15) is 0 Å². The third kappa shape index (κ3) is 4.78. The Hall–Kier alpha value is -0.870. The Morgan fingerprint density at radius 3 is 2.33 bits per heavy atom. The molecule has 0 bridgehead atoms. The number of hydrogen-bond donors (Lipinski definition) is 2. The minimum Gasteiger partial charge on any atom is -0.384 e. The second kappa shape index (κ2) is 9.11. The summed E-state index contributed by atoms with van der Waals surface area (Å²) in [4.78, 5) is 2.45. The summed E-state index contributed by atoms with van der Waals surface area (Å²) in [7, 11) is 0. The number of anilines is 2. The van der Waals surface area contributed by atoms with Crippen molar-refractivity contribution in [1.82, 2.24) is 0 Å². The number of hydrogen-bond acceptors (Lipinski definition) is 4. The summed E-state index contributed by atoms with van der Waals surface area (Å²) in [5.74, 6) is 2.49. The van der Waals surface area contributed by atoms with Crippen molar-refractivity contribution in [2.45, 2.75) is 13.8 Å². The van der Waals surface area contributed by atoms with Crippen LogP contribution in [-0.4, -0.2) is 37.7 Å². The summed E-state index contributed by atoms with van der Waals surface area (Å²) >= 11 is 2.04. The van der Waals surface area contributed by atoms with E-state index >= 15 is 0 Å². The molecule has 1 aromatic carbocycles. The molecule has 18 heavy (non-hydrogen) atoms. The molecule has 1 fully saturated rings. The van der Waals surface area contributed by atoms with E-state index in [0.29, 0.717) is 6.54 Å². The molecular weight excluding hydrogens is 242 g/mol. The van der Waals surface area contributed by atoms with E-state index in [1.165, 1.54) is 30.3 Å². The average Bonchev–Trinajstić information content (AvgIpc) is 2.49. The fourth-order valence-corrected chi connectivity index (χ4v) is 2.73. The first kappa shape index (κ1) is 15.2. The third-order valence-corrected chi connectivity index (χ3v) is 3.66. The first-order valence-electron chi connectivity index (χ1n) is 6.77. The second-order valence-electron chi connectivity index (χ2n) is 3.86. The van der Waals surface area contributed by atoms with Gasteiger partial charge in [0.25, 0.3) is 0 Å². The predicted molar refractivity (Wildman–Crippen MR) is 84.9 cm³/mol. The van der Waals surface area contributed by atoms with Gasteiger partial charge in [0.05, 0.1) is 0 Å². The fourth-order valence-electron chi connectivity index (χ4n) is 1.83. The Labute approximate surface area is 115 Å². The van der Waals surface area contributed by atoms with Gasteiger partial charge < -0.3 is 16.0 Å². The Morgan fingerprint density at radius 2 is 1.78 bits per heavy atom. The number of benzene rings is 1. The van der Waals surface area contributed by atoms with Gasteiger partial charge in [-0.2, -0.15) is 11.8 Å². The number of thioether (sulfide) groups is 1. The highest BCUT2D eigenvalue weighted by molar-refractivity contribution is 7.99. The Morgan fingerprint density at radius 1 is 1.17 bits per heavy atom. The topological polar surface area (TPSA) is 41.3 Å². The van der Waals surface area contributed by atoms with Gasteiger partial charge in [-0.05, 0) is 24.3 Å². The molecule has 0 spiro atoms. The lowest BCUT2D eigenvalue weighted by Gasteiger charge is -2.28. The first-order chi connectivity index (χ1) is 8.90. The van der Waals surface area contributed by atoms with Gasteiger partial charge in [0.1, 0.15) is 0 Å². The van der Waals surface area contributed by atoms with Crippen molar-refractivity contribution in [1.29, 1.82) is 0 Å². The van der Waals surface area contributed by atoms with Crippen molar-refractivity contribution in [3.63, 3.8) is 0 Å². The lowest BCUT2D eigenvalue weighted by Crippen LogP contribution is -2.32. The number of nitrogens with two attached hydrogens (primary N) is 1. The van der Waals surface area contributed by atoms with Gasteiger partial charge in [-0.1, -0.05) is 13.8 Å². The zero-order valence-electron chi connectivity index (χ0n) is 11.5. The molecule has 102 valence electrons. The van der Waals surface area contributed by atoms with E-state index < -0.39 is 0 Å². The standard InChI is InChI=1S/C12H19N3S.C2H6/c13-5-6-14-11-1-3-12(4-2-11)15-7-9-16-10-8-15;1-2/h1-4,14H,5-10,13H2;1-2H3. The summed E-state index contributed by atoms with van der Waals surface area (Å²) < 4.78 is 0. The van der Waals surface area contributed by atoms with Crippen molar-refractivity contribution < 1.29 is 0 Å². The molecule has 3 nitrogen and oxygen atoms in total. The number of nitrogens with zero attached hydrogens (tertiary/aromatic N) is 1. The Bertz CT molecular complexity index is 307. The minimum absolute atomic E-state index is 0.672. The second-order valence-corrected chi connectivity index (χ2v) is 5.09. The molecule has 0 aromatic heterocycles. The highest BCUT2D eigenvalue weighted by atomic mass is 32.2. The maximum absolute atomic E-state index is 5.45. The van der Waals surface area contributed by atoms with E-state index in [2.05, 4.69) is 34.5 Å². The van der Waals surface area contributed by atoms with Gasteiger partial charge in [-0.25, -0.2) is 0 Å². The van der Waals surface area contributed by atoms with Gasteiger partial charge in [-0.15, -0.1) is 0 Å². The maximum Gasteiger partial charge on any atom is 0.0368 e. The third-order valence-electron chi connectivity index (χ3n) is 2.72. The molecule has 1 aromatic rings. The van der Waals surface area contributed by atoms with Crippen LogP contribution in [0.4, 0.5) is 11.4 Å². The normalized spacial score (nSPS) is 14.7. The lowest BCUT2D eigenvalue weighted by atomic mass is 10.2. The highest BCUT2D eigenvalue weighted by Gasteiger charge is 2.10. The predicted octanol–water partition coefficient (Wildman–Crippen LogP) is 2.64. The molecule has 2 rings (SSSR count). The number of rotatable bonds is 4. The molecule has 0 radical (unpaired) electrons. The quantitative estimate of drug-likeness (QED) is 0.880. The molecule has 3 N–H and O–H groups in total. The van der Waals surface area contributed by atoms with Gasteiger partial charge >= 0.3 is 0 Å². The Balaban J connectivity index is 0.000000771. The first-order valence-corrected chi connectivity index (χ1v) is 7.92. The van der Waals surface area contributed by atoms with Gasteiger partial charge in [0.15, 0.2) is 0 Å². The lowest BCUT2D eigenvalue weighted by molar-refractivity contribution is 0.859. The smallest absolute Gasteiger partial charge is 0.0368 e. The van der Waals surface area contributed by atoms with E-state index in [4.69, 9.17) is 5.73 Å². The zero-order valence-corrected chi connectivity index (χ0v) is 12.3. The molecule has 4 heteroatoms.